The number of aromatic nitrogens is 4. The molecule has 4 heterocycles. The molecular weight excluding hydrogens is 555 g/mol. The molecule has 0 radical (unpaired) electrons. The van der Waals surface area contributed by atoms with Gasteiger partial charge in [-0.3, -0.25) is 4.79 Å². The van der Waals surface area contributed by atoms with Crippen LogP contribution in [-0.2, 0) is 17.5 Å². The Labute approximate surface area is 239 Å². The highest BCUT2D eigenvalue weighted by Gasteiger charge is 2.38. The Morgan fingerprint density at radius 1 is 1.19 bits per heavy atom. The normalized spacial score (nSPS) is 17.1. The predicted molar refractivity (Wildman–Crippen MR) is 147 cm³/mol. The van der Waals surface area contributed by atoms with Gasteiger partial charge in [0, 0.05) is 43.0 Å². The van der Waals surface area contributed by atoms with E-state index in [2.05, 4.69) is 25.3 Å². The number of hydrogen-bond acceptors (Lipinski definition) is 10. The number of likely N-dealkylation sites (tertiary alicyclic amines) is 1. The summed E-state index contributed by atoms with van der Waals surface area (Å²) in [5.74, 6) is 0.567. The van der Waals surface area contributed by atoms with Gasteiger partial charge in [-0.2, -0.15) is 13.2 Å². The number of fused-ring (bicyclic) bond motifs is 1. The van der Waals surface area contributed by atoms with Crippen molar-refractivity contribution in [2.45, 2.75) is 32.1 Å². The highest BCUT2D eigenvalue weighted by Crippen LogP contribution is 2.37. The lowest BCUT2D eigenvalue weighted by atomic mass is 10.1. The summed E-state index contributed by atoms with van der Waals surface area (Å²) in [4.78, 5) is 32.2. The van der Waals surface area contributed by atoms with Gasteiger partial charge in [0.2, 0.25) is 11.8 Å². The minimum atomic E-state index is -4.64. The van der Waals surface area contributed by atoms with Gasteiger partial charge < -0.3 is 29.8 Å². The molecule has 4 aromatic rings. The molecule has 0 bridgehead atoms. The number of nitrogens with one attached hydrogen (secondary N) is 1. The molecule has 1 aliphatic rings. The van der Waals surface area contributed by atoms with E-state index >= 15 is 0 Å². The number of hydrogen-bond donors (Lipinski definition) is 2. The fourth-order valence-corrected chi connectivity index (χ4v) is 5.06. The standard InChI is InChI=1S/C28H30F3N7O4/c1-3-41-15-17-11-16(13-35-27-33-9-4-10-34-27)14-38(17)26(39)24-21(12-32)42-25(37-24)19-5-7-20(40-2)23-18(19)6-8-22(36-23)28(29,30)31/h4-10,16-17H,3,11-15,32H2,1-2H3,(H,33,34,35)/t16?,17-/m0/s1. The third kappa shape index (κ3) is 5.99. The molecule has 3 aromatic heterocycles. The maximum atomic E-state index is 13.9. The summed E-state index contributed by atoms with van der Waals surface area (Å²) in [7, 11) is 1.34. The second kappa shape index (κ2) is 12.3. The fraction of sp³-hybridized carbons (Fsp3) is 0.393. The largest absolute Gasteiger partial charge is 0.494 e. The number of anilines is 1. The minimum Gasteiger partial charge on any atom is -0.494 e. The van der Waals surface area contributed by atoms with Gasteiger partial charge >= 0.3 is 6.18 Å². The van der Waals surface area contributed by atoms with Gasteiger partial charge in [-0.05, 0) is 49.6 Å². The van der Waals surface area contributed by atoms with Gasteiger partial charge in [0.05, 0.1) is 26.3 Å². The van der Waals surface area contributed by atoms with Gasteiger partial charge in [0.25, 0.3) is 5.91 Å². The average Bonchev–Trinajstić information content (AvgIpc) is 3.62. The van der Waals surface area contributed by atoms with Crippen LogP contribution in [-0.4, -0.2) is 70.2 Å². The van der Waals surface area contributed by atoms with Gasteiger partial charge in [-0.25, -0.2) is 19.9 Å². The number of ether oxygens (including phenoxy) is 2. The average molecular weight is 586 g/mol. The summed E-state index contributed by atoms with van der Waals surface area (Å²) in [6, 6.07) is 6.75. The number of nitrogens with two attached hydrogens (primary N) is 1. The van der Waals surface area contributed by atoms with E-state index in [4.69, 9.17) is 19.6 Å². The van der Waals surface area contributed by atoms with Crippen LogP contribution in [0, 0.1) is 5.92 Å². The van der Waals surface area contributed by atoms with Crippen molar-refractivity contribution >= 4 is 22.8 Å². The summed E-state index contributed by atoms with van der Waals surface area (Å²) in [5.41, 5.74) is 5.26. The van der Waals surface area contributed by atoms with Crippen molar-refractivity contribution < 1.29 is 31.9 Å². The molecule has 0 aliphatic carbocycles. The number of pyridine rings is 1. The number of carbonyl (C=O) groups excluding carboxylic acids is 1. The van der Waals surface area contributed by atoms with Crippen molar-refractivity contribution in [2.24, 2.45) is 11.7 Å². The van der Waals surface area contributed by atoms with Crippen LogP contribution in [0.4, 0.5) is 19.1 Å². The molecule has 0 saturated carbocycles. The van der Waals surface area contributed by atoms with Crippen LogP contribution in [0.5, 0.6) is 5.75 Å². The lowest BCUT2D eigenvalue weighted by molar-refractivity contribution is -0.140. The first-order valence-electron chi connectivity index (χ1n) is 13.4. The zero-order chi connectivity index (χ0) is 29.9. The molecule has 5 rings (SSSR count). The maximum Gasteiger partial charge on any atom is 0.433 e. The highest BCUT2D eigenvalue weighted by atomic mass is 19.4. The Bertz CT molecular complexity index is 1550. The Balaban J connectivity index is 1.45. The van der Waals surface area contributed by atoms with Crippen LogP contribution in [0.25, 0.3) is 22.4 Å². The first-order chi connectivity index (χ1) is 20.2. The third-order valence-electron chi connectivity index (χ3n) is 7.04. The van der Waals surface area contributed by atoms with Crippen LogP contribution in [0.3, 0.4) is 0 Å². The smallest absolute Gasteiger partial charge is 0.433 e. The minimum absolute atomic E-state index is 0.0146. The van der Waals surface area contributed by atoms with Gasteiger partial charge in [0.15, 0.2) is 11.5 Å². The molecule has 1 saturated heterocycles. The fourth-order valence-electron chi connectivity index (χ4n) is 5.06. The van der Waals surface area contributed by atoms with Crippen molar-refractivity contribution in [2.75, 3.05) is 38.7 Å². The molecule has 1 aromatic carbocycles. The number of alkyl halides is 3. The molecule has 3 N–H and O–H groups in total. The summed E-state index contributed by atoms with van der Waals surface area (Å²) in [6.45, 7) is 3.59. The maximum absolute atomic E-state index is 13.9. The Hall–Kier alpha value is -4.30. The number of benzene rings is 1. The van der Waals surface area contributed by atoms with Gasteiger partial charge in [-0.15, -0.1) is 0 Å². The molecular formula is C28H30F3N7O4. The summed E-state index contributed by atoms with van der Waals surface area (Å²) < 4.78 is 57.0. The van der Waals surface area contributed by atoms with Crippen molar-refractivity contribution in [3.8, 4) is 17.2 Å². The molecule has 42 heavy (non-hydrogen) atoms. The molecule has 1 fully saturated rings. The monoisotopic (exact) mass is 585 g/mol. The Morgan fingerprint density at radius 2 is 1.98 bits per heavy atom. The van der Waals surface area contributed by atoms with Crippen LogP contribution in [0.2, 0.25) is 0 Å². The van der Waals surface area contributed by atoms with E-state index in [0.29, 0.717) is 49.6 Å². The highest BCUT2D eigenvalue weighted by molar-refractivity contribution is 5.98. The van der Waals surface area contributed by atoms with E-state index in [9.17, 15) is 18.0 Å². The van der Waals surface area contributed by atoms with E-state index in [1.54, 1.807) is 29.4 Å². The zero-order valence-electron chi connectivity index (χ0n) is 23.0. The summed E-state index contributed by atoms with van der Waals surface area (Å²) in [5, 5.41) is 3.52. The first kappa shape index (κ1) is 29.2. The number of nitrogens with zero attached hydrogens (tertiary/aromatic N) is 5. The second-order valence-corrected chi connectivity index (χ2v) is 9.73. The number of carbonyl (C=O) groups is 1. The predicted octanol–water partition coefficient (Wildman–Crippen LogP) is 4.15. The van der Waals surface area contributed by atoms with Crippen LogP contribution >= 0.6 is 0 Å². The molecule has 1 aliphatic heterocycles. The van der Waals surface area contributed by atoms with Crippen molar-refractivity contribution in [3.05, 3.63) is 59.9 Å². The topological polar surface area (TPSA) is 142 Å². The molecule has 0 spiro atoms. The Morgan fingerprint density at radius 3 is 2.67 bits per heavy atom. The van der Waals surface area contributed by atoms with Crippen molar-refractivity contribution in [1.29, 1.82) is 0 Å². The number of amides is 1. The van der Waals surface area contributed by atoms with Gasteiger partial charge in [0.1, 0.15) is 17.0 Å². The van der Waals surface area contributed by atoms with Crippen molar-refractivity contribution in [3.63, 3.8) is 0 Å². The lowest BCUT2D eigenvalue weighted by Gasteiger charge is -2.23. The van der Waals surface area contributed by atoms with Crippen LogP contribution < -0.4 is 15.8 Å². The van der Waals surface area contributed by atoms with Gasteiger partial charge in [-0.1, -0.05) is 0 Å². The number of methoxy groups -OCH3 is 1. The molecule has 2 atom stereocenters. The number of rotatable bonds is 10. The van der Waals surface area contributed by atoms with E-state index < -0.39 is 11.9 Å². The Kier molecular flexibility index (Phi) is 8.54. The quantitative estimate of drug-likeness (QED) is 0.279. The first-order valence-corrected chi connectivity index (χ1v) is 13.4. The molecule has 11 nitrogen and oxygen atoms in total. The second-order valence-electron chi connectivity index (χ2n) is 9.73. The summed E-state index contributed by atoms with van der Waals surface area (Å²) >= 11 is 0. The number of oxazole rings is 1. The SMILES string of the molecule is CCOC[C@@H]1CC(CNc2ncccn2)CN1C(=O)c1nc(-c2ccc(OC)c3nc(C(F)(F)F)ccc23)oc1CN. The molecule has 1 unspecified atom stereocenters. The molecule has 1 amide bonds. The van der Waals surface area contributed by atoms with E-state index in [-0.39, 0.29) is 53.0 Å². The van der Waals surface area contributed by atoms with E-state index in [1.807, 2.05) is 6.92 Å². The molecule has 14 heteroatoms. The van der Waals surface area contributed by atoms with Crippen LogP contribution in [0.15, 0.2) is 47.1 Å². The van der Waals surface area contributed by atoms with Crippen LogP contribution in [0.1, 0.15) is 35.3 Å². The zero-order valence-corrected chi connectivity index (χ0v) is 23.0. The van der Waals surface area contributed by atoms with E-state index in [1.165, 1.54) is 19.2 Å². The third-order valence-corrected chi connectivity index (χ3v) is 7.04. The number of halogens is 3. The lowest BCUT2D eigenvalue weighted by Crippen LogP contribution is -2.39. The van der Waals surface area contributed by atoms with Crippen molar-refractivity contribution in [1.82, 2.24) is 24.8 Å². The van der Waals surface area contributed by atoms with E-state index in [0.717, 1.165) is 6.07 Å². The summed E-state index contributed by atoms with van der Waals surface area (Å²) in [6.07, 6.45) is -0.665. The molecule has 222 valence electrons.